The summed E-state index contributed by atoms with van der Waals surface area (Å²) in [6, 6.07) is 36.8. The number of rotatable bonds is 8. The van der Waals surface area contributed by atoms with Crippen molar-refractivity contribution < 1.29 is 4.74 Å². The lowest BCUT2D eigenvalue weighted by molar-refractivity contribution is 0.461. The summed E-state index contributed by atoms with van der Waals surface area (Å²) in [5.41, 5.74) is 5.72. The van der Waals surface area contributed by atoms with Crippen LogP contribution in [0, 0.1) is 0 Å². The number of aromatic nitrogens is 4. The first-order valence-electron chi connectivity index (χ1n) is 13.2. The lowest BCUT2D eigenvalue weighted by atomic mass is 9.78. The van der Waals surface area contributed by atoms with Crippen LogP contribution in [0.1, 0.15) is 25.0 Å². The summed E-state index contributed by atoms with van der Waals surface area (Å²) in [6.45, 7) is 4.41. The van der Waals surface area contributed by atoms with Gasteiger partial charge in [-0.1, -0.05) is 56.3 Å². The van der Waals surface area contributed by atoms with Crippen LogP contribution in [0.2, 0.25) is 0 Å². The third kappa shape index (κ3) is 5.20. The molecule has 3 aromatic heterocycles. The largest absolute Gasteiger partial charge is 0.439 e. The third-order valence-corrected chi connectivity index (χ3v) is 6.97. The standard InChI is InChI=1S/C34H29N5O/c1-34(2,27-21-31(25-35-24-27)38-19-11-18-37-38)26-20-30(23-32(22-26)40-33-16-9-10-17-36-33)39(28-12-5-3-6-13-28)29-14-7-4-8-15-29/h3-25H,1-2H3. The molecule has 0 amide bonds. The summed E-state index contributed by atoms with van der Waals surface area (Å²) in [7, 11) is 0. The van der Waals surface area contributed by atoms with Gasteiger partial charge in [-0.2, -0.15) is 5.10 Å². The number of ether oxygens (including phenoxy) is 1. The monoisotopic (exact) mass is 523 g/mol. The van der Waals surface area contributed by atoms with Gasteiger partial charge in [0.15, 0.2) is 0 Å². The Morgan fingerprint density at radius 3 is 2.05 bits per heavy atom. The van der Waals surface area contributed by atoms with E-state index in [4.69, 9.17) is 4.74 Å². The van der Waals surface area contributed by atoms with Gasteiger partial charge in [0, 0.05) is 53.7 Å². The van der Waals surface area contributed by atoms with Crippen molar-refractivity contribution in [3.05, 3.63) is 151 Å². The van der Waals surface area contributed by atoms with Gasteiger partial charge >= 0.3 is 0 Å². The summed E-state index contributed by atoms with van der Waals surface area (Å²) < 4.78 is 8.15. The van der Waals surface area contributed by atoms with E-state index in [1.807, 2.05) is 59.7 Å². The highest BCUT2D eigenvalue weighted by Gasteiger charge is 2.27. The maximum absolute atomic E-state index is 6.33. The van der Waals surface area contributed by atoms with Crippen molar-refractivity contribution >= 4 is 17.1 Å². The van der Waals surface area contributed by atoms with Crippen LogP contribution >= 0.6 is 0 Å². The van der Waals surface area contributed by atoms with Gasteiger partial charge < -0.3 is 9.64 Å². The van der Waals surface area contributed by atoms with Crippen LogP contribution in [-0.4, -0.2) is 19.7 Å². The molecule has 6 heteroatoms. The number of benzene rings is 3. The molecule has 6 nitrogen and oxygen atoms in total. The summed E-state index contributed by atoms with van der Waals surface area (Å²) >= 11 is 0. The zero-order chi connectivity index (χ0) is 27.4. The summed E-state index contributed by atoms with van der Waals surface area (Å²) in [5, 5.41) is 4.39. The Labute approximate surface area is 234 Å². The molecule has 0 aliphatic heterocycles. The van der Waals surface area contributed by atoms with Crippen LogP contribution in [0.3, 0.4) is 0 Å². The van der Waals surface area contributed by atoms with E-state index in [9.17, 15) is 0 Å². The lowest BCUT2D eigenvalue weighted by Crippen LogP contribution is -2.21. The molecule has 0 aliphatic rings. The molecule has 6 aromatic rings. The SMILES string of the molecule is CC(C)(c1cc(Oc2ccccn2)cc(N(c2ccccc2)c2ccccc2)c1)c1cncc(-n2cccn2)c1. The Bertz CT molecular complexity index is 1650. The third-order valence-electron chi connectivity index (χ3n) is 6.97. The van der Waals surface area contributed by atoms with E-state index < -0.39 is 5.41 Å². The maximum Gasteiger partial charge on any atom is 0.219 e. The van der Waals surface area contributed by atoms with Crippen LogP contribution in [0.5, 0.6) is 11.6 Å². The van der Waals surface area contributed by atoms with Crippen LogP contribution in [-0.2, 0) is 5.41 Å². The zero-order valence-corrected chi connectivity index (χ0v) is 22.4. The first kappa shape index (κ1) is 25.1. The van der Waals surface area contributed by atoms with Crippen LogP contribution in [0.4, 0.5) is 17.1 Å². The summed E-state index contributed by atoms with van der Waals surface area (Å²) in [4.78, 5) is 11.2. The van der Waals surface area contributed by atoms with E-state index >= 15 is 0 Å². The van der Waals surface area contributed by atoms with Crippen LogP contribution < -0.4 is 9.64 Å². The predicted molar refractivity (Wildman–Crippen MR) is 159 cm³/mol. The average Bonchev–Trinajstić information content (AvgIpc) is 3.54. The molecular weight excluding hydrogens is 494 g/mol. The van der Waals surface area contributed by atoms with Crippen molar-refractivity contribution in [3.63, 3.8) is 0 Å². The molecule has 0 radical (unpaired) electrons. The topological polar surface area (TPSA) is 56.1 Å². The highest BCUT2D eigenvalue weighted by Crippen LogP contribution is 2.41. The fraction of sp³-hybridized carbons (Fsp3) is 0.0882. The van der Waals surface area contributed by atoms with Gasteiger partial charge in [0.2, 0.25) is 5.88 Å². The van der Waals surface area contributed by atoms with Gasteiger partial charge in [0.05, 0.1) is 17.6 Å². The van der Waals surface area contributed by atoms with Crippen molar-refractivity contribution in [2.75, 3.05) is 4.90 Å². The fourth-order valence-corrected chi connectivity index (χ4v) is 4.74. The van der Waals surface area contributed by atoms with Gasteiger partial charge in [0.25, 0.3) is 0 Å². The van der Waals surface area contributed by atoms with Gasteiger partial charge in [-0.25, -0.2) is 9.67 Å². The minimum absolute atomic E-state index is 0.409. The highest BCUT2D eigenvalue weighted by atomic mass is 16.5. The molecule has 0 unspecified atom stereocenters. The molecule has 0 spiro atoms. The van der Waals surface area contributed by atoms with E-state index in [0.717, 1.165) is 33.9 Å². The van der Waals surface area contributed by atoms with Crippen LogP contribution in [0.15, 0.2) is 140 Å². The van der Waals surface area contributed by atoms with E-state index in [1.165, 1.54) is 0 Å². The normalized spacial score (nSPS) is 11.2. The van der Waals surface area contributed by atoms with Crippen LogP contribution in [0.25, 0.3) is 5.69 Å². The minimum Gasteiger partial charge on any atom is -0.439 e. The van der Waals surface area contributed by atoms with E-state index in [2.05, 4.69) is 107 Å². The average molecular weight is 524 g/mol. The minimum atomic E-state index is -0.409. The van der Waals surface area contributed by atoms with Crippen molar-refractivity contribution in [2.24, 2.45) is 0 Å². The molecule has 0 N–H and O–H groups in total. The fourth-order valence-electron chi connectivity index (χ4n) is 4.74. The number of pyridine rings is 2. The summed E-state index contributed by atoms with van der Waals surface area (Å²) in [6.07, 6.45) is 9.17. The second kappa shape index (κ2) is 10.9. The molecule has 196 valence electrons. The molecule has 3 heterocycles. The molecule has 0 aliphatic carbocycles. The van der Waals surface area contributed by atoms with Crippen molar-refractivity contribution in [1.29, 1.82) is 0 Å². The van der Waals surface area contributed by atoms with Gasteiger partial charge in [0.1, 0.15) is 5.75 Å². The van der Waals surface area contributed by atoms with Gasteiger partial charge in [-0.05, 0) is 65.7 Å². The van der Waals surface area contributed by atoms with Gasteiger partial charge in [-0.15, -0.1) is 0 Å². The second-order valence-electron chi connectivity index (χ2n) is 10.00. The molecule has 40 heavy (non-hydrogen) atoms. The smallest absolute Gasteiger partial charge is 0.219 e. The Morgan fingerprint density at radius 2 is 1.40 bits per heavy atom. The molecule has 0 saturated heterocycles. The molecule has 0 fully saturated rings. The number of nitrogens with zero attached hydrogens (tertiary/aromatic N) is 5. The van der Waals surface area contributed by atoms with E-state index in [-0.39, 0.29) is 0 Å². The first-order valence-corrected chi connectivity index (χ1v) is 13.2. The van der Waals surface area contributed by atoms with Crippen molar-refractivity contribution in [2.45, 2.75) is 19.3 Å². The first-order chi connectivity index (χ1) is 19.6. The zero-order valence-electron chi connectivity index (χ0n) is 22.4. The Balaban J connectivity index is 1.51. The number of anilines is 3. The maximum atomic E-state index is 6.33. The molecule has 0 bridgehead atoms. The molecular formula is C34H29N5O. The summed E-state index contributed by atoms with van der Waals surface area (Å²) in [5.74, 6) is 1.24. The predicted octanol–water partition coefficient (Wildman–Crippen LogP) is 8.25. The Kier molecular flexibility index (Phi) is 6.81. The molecule has 3 aromatic carbocycles. The lowest BCUT2D eigenvalue weighted by Gasteiger charge is -2.30. The van der Waals surface area contributed by atoms with Crippen molar-refractivity contribution in [1.82, 2.24) is 19.7 Å². The molecule has 0 atom stereocenters. The highest BCUT2D eigenvalue weighted by molar-refractivity contribution is 5.78. The number of hydrogen-bond acceptors (Lipinski definition) is 5. The Hall–Kier alpha value is -5.23. The van der Waals surface area contributed by atoms with Gasteiger partial charge in [-0.3, -0.25) is 4.98 Å². The van der Waals surface area contributed by atoms with E-state index in [1.54, 1.807) is 12.4 Å². The second-order valence-corrected chi connectivity index (χ2v) is 10.00. The number of para-hydroxylation sites is 2. The van der Waals surface area contributed by atoms with Crippen molar-refractivity contribution in [3.8, 4) is 17.3 Å². The molecule has 0 saturated carbocycles. The Morgan fingerprint density at radius 1 is 0.675 bits per heavy atom. The number of hydrogen-bond donors (Lipinski definition) is 0. The van der Waals surface area contributed by atoms with E-state index in [0.29, 0.717) is 11.6 Å². The molecule has 6 rings (SSSR count). The quantitative estimate of drug-likeness (QED) is 0.201.